The maximum absolute atomic E-state index is 13.1. The molecule has 2 amide bonds. The lowest BCUT2D eigenvalue weighted by Gasteiger charge is -2.46. The predicted molar refractivity (Wildman–Crippen MR) is 111 cm³/mol. The van der Waals surface area contributed by atoms with Gasteiger partial charge in [-0.1, -0.05) is 0 Å². The van der Waals surface area contributed by atoms with Crippen LogP contribution in [0.25, 0.3) is 0 Å². The van der Waals surface area contributed by atoms with E-state index in [1.54, 1.807) is 11.1 Å². The number of carbonyl (C=O) groups is 2. The van der Waals surface area contributed by atoms with Gasteiger partial charge >= 0.3 is 6.18 Å². The smallest absolute Gasteiger partial charge is 0.378 e. The normalized spacial score (nSPS) is 22.5. The van der Waals surface area contributed by atoms with Crippen LogP contribution in [-0.4, -0.2) is 81.6 Å². The number of amides is 2. The molecule has 1 atom stereocenters. The number of ether oxygens (including phenoxy) is 2. The topological polar surface area (TPSA) is 89.8 Å². The van der Waals surface area contributed by atoms with Crippen LogP contribution in [0.2, 0.25) is 0 Å². The molecule has 3 aliphatic heterocycles. The first-order valence-electron chi connectivity index (χ1n) is 11.2. The quantitative estimate of drug-likeness (QED) is 0.651. The third-order valence-electron chi connectivity index (χ3n) is 6.61. The molecular weight excluding hydrogens is 455 g/mol. The van der Waals surface area contributed by atoms with Crippen LogP contribution in [0.15, 0.2) is 30.7 Å². The lowest BCUT2D eigenvalue weighted by molar-refractivity contribution is -0.182. The molecule has 2 saturated heterocycles. The molecule has 0 aromatic carbocycles. The minimum Gasteiger partial charge on any atom is -0.378 e. The maximum Gasteiger partial charge on any atom is 0.433 e. The molecule has 0 saturated carbocycles. The first-order valence-corrected chi connectivity index (χ1v) is 11.2. The number of pyridine rings is 1. The fourth-order valence-electron chi connectivity index (χ4n) is 4.83. The van der Waals surface area contributed by atoms with Gasteiger partial charge in [0.15, 0.2) is 6.10 Å². The van der Waals surface area contributed by atoms with Gasteiger partial charge in [-0.15, -0.1) is 0 Å². The summed E-state index contributed by atoms with van der Waals surface area (Å²) in [5.41, 5.74) is -2.01. The van der Waals surface area contributed by atoms with Crippen LogP contribution in [0.3, 0.4) is 0 Å². The van der Waals surface area contributed by atoms with Crippen LogP contribution in [0.1, 0.15) is 34.7 Å². The highest BCUT2D eigenvalue weighted by molar-refractivity contribution is 5.94. The fraction of sp³-hybridized carbons (Fsp3) is 0.545. The Hall–Kier alpha value is -2.99. The summed E-state index contributed by atoms with van der Waals surface area (Å²) in [5.74, 6) is 0.105. The average Bonchev–Trinajstić information content (AvgIpc) is 3.34. The standard InChI is InChI=1S/C22H24F3N5O4/c23-22(24,25)17-13-15(1-4-26-17)18(31)28-6-2-21(3-7-28)20-27-5-8-30(20)14-16(34-21)19(32)29-9-11-33-12-10-29/h1,4-5,8,13,16H,2-3,6-7,9-12,14H2. The van der Waals surface area contributed by atoms with Gasteiger partial charge < -0.3 is 23.8 Å². The first-order chi connectivity index (χ1) is 16.3. The number of imidazole rings is 1. The molecular formula is C22H24F3N5O4. The van der Waals surface area contributed by atoms with E-state index in [4.69, 9.17) is 9.47 Å². The van der Waals surface area contributed by atoms with Crippen molar-refractivity contribution in [1.29, 1.82) is 0 Å². The summed E-state index contributed by atoms with van der Waals surface area (Å²) in [4.78, 5) is 37.1. The molecule has 0 radical (unpaired) electrons. The van der Waals surface area contributed by atoms with E-state index in [9.17, 15) is 22.8 Å². The Morgan fingerprint density at radius 1 is 1.03 bits per heavy atom. The molecule has 2 fully saturated rings. The summed E-state index contributed by atoms with van der Waals surface area (Å²) < 4.78 is 52.7. The zero-order valence-electron chi connectivity index (χ0n) is 18.3. The molecule has 12 heteroatoms. The van der Waals surface area contributed by atoms with Crippen molar-refractivity contribution in [2.24, 2.45) is 0 Å². The number of fused-ring (bicyclic) bond motifs is 2. The zero-order chi connectivity index (χ0) is 23.9. The second-order valence-corrected chi connectivity index (χ2v) is 8.66. The lowest BCUT2D eigenvalue weighted by Crippen LogP contribution is -2.56. The van der Waals surface area contributed by atoms with E-state index in [-0.39, 0.29) is 24.6 Å². The van der Waals surface area contributed by atoms with Crippen molar-refractivity contribution in [2.75, 3.05) is 39.4 Å². The highest BCUT2D eigenvalue weighted by Gasteiger charge is 2.48. The molecule has 5 heterocycles. The molecule has 1 unspecified atom stereocenters. The molecule has 2 aromatic rings. The molecule has 0 N–H and O–H groups in total. The van der Waals surface area contributed by atoms with Crippen LogP contribution in [-0.2, 0) is 32.6 Å². The second-order valence-electron chi connectivity index (χ2n) is 8.66. The molecule has 2 aromatic heterocycles. The van der Waals surface area contributed by atoms with Gasteiger partial charge in [-0.25, -0.2) is 4.98 Å². The Balaban J connectivity index is 1.32. The number of nitrogens with zero attached hydrogens (tertiary/aromatic N) is 5. The van der Waals surface area contributed by atoms with E-state index in [2.05, 4.69) is 9.97 Å². The van der Waals surface area contributed by atoms with Gasteiger partial charge in [0.2, 0.25) is 0 Å². The van der Waals surface area contributed by atoms with Gasteiger partial charge in [0.1, 0.15) is 17.1 Å². The minimum absolute atomic E-state index is 0.0651. The number of hydrogen-bond acceptors (Lipinski definition) is 6. The predicted octanol–water partition coefficient (Wildman–Crippen LogP) is 1.69. The fourth-order valence-corrected chi connectivity index (χ4v) is 4.83. The van der Waals surface area contributed by atoms with E-state index in [0.717, 1.165) is 12.3 Å². The lowest BCUT2D eigenvalue weighted by atomic mass is 9.88. The van der Waals surface area contributed by atoms with E-state index in [1.165, 1.54) is 11.0 Å². The molecule has 0 aliphatic carbocycles. The van der Waals surface area contributed by atoms with Gasteiger partial charge in [-0.2, -0.15) is 13.2 Å². The molecule has 1 spiro atoms. The Morgan fingerprint density at radius 3 is 2.47 bits per heavy atom. The van der Waals surface area contributed by atoms with E-state index in [1.807, 2.05) is 10.8 Å². The third kappa shape index (κ3) is 4.16. The number of alkyl halides is 3. The van der Waals surface area contributed by atoms with E-state index < -0.39 is 29.5 Å². The average molecular weight is 479 g/mol. The number of halogens is 3. The molecule has 9 nitrogen and oxygen atoms in total. The summed E-state index contributed by atoms with van der Waals surface area (Å²) in [6, 6.07) is 2.05. The van der Waals surface area contributed by atoms with Crippen molar-refractivity contribution in [3.05, 3.63) is 47.8 Å². The monoisotopic (exact) mass is 479 g/mol. The van der Waals surface area contributed by atoms with Gasteiger partial charge in [0.05, 0.1) is 19.8 Å². The van der Waals surface area contributed by atoms with Crippen molar-refractivity contribution in [3.63, 3.8) is 0 Å². The van der Waals surface area contributed by atoms with Crippen LogP contribution in [0, 0.1) is 0 Å². The number of morpholine rings is 1. The van der Waals surface area contributed by atoms with Gasteiger partial charge in [0, 0.05) is 63.2 Å². The van der Waals surface area contributed by atoms with Crippen LogP contribution in [0.4, 0.5) is 13.2 Å². The number of carbonyl (C=O) groups excluding carboxylic acids is 2. The maximum atomic E-state index is 13.1. The van der Waals surface area contributed by atoms with Crippen LogP contribution >= 0.6 is 0 Å². The van der Waals surface area contributed by atoms with Crippen LogP contribution < -0.4 is 0 Å². The van der Waals surface area contributed by atoms with E-state index >= 15 is 0 Å². The summed E-state index contributed by atoms with van der Waals surface area (Å²) in [7, 11) is 0. The number of piperidine rings is 1. The van der Waals surface area contributed by atoms with Crippen molar-refractivity contribution < 1.29 is 32.2 Å². The van der Waals surface area contributed by atoms with Crippen molar-refractivity contribution in [2.45, 2.75) is 37.3 Å². The second kappa shape index (κ2) is 8.66. The first kappa shape index (κ1) is 22.8. The molecule has 34 heavy (non-hydrogen) atoms. The number of hydrogen-bond donors (Lipinski definition) is 0. The van der Waals surface area contributed by atoms with E-state index in [0.29, 0.717) is 51.5 Å². The summed E-state index contributed by atoms with van der Waals surface area (Å²) >= 11 is 0. The van der Waals surface area contributed by atoms with Gasteiger partial charge in [-0.3, -0.25) is 14.6 Å². The Bertz CT molecular complexity index is 1070. The van der Waals surface area contributed by atoms with Crippen molar-refractivity contribution >= 4 is 11.8 Å². The summed E-state index contributed by atoms with van der Waals surface area (Å²) in [6.45, 7) is 2.87. The van der Waals surface area contributed by atoms with Crippen molar-refractivity contribution in [1.82, 2.24) is 24.3 Å². The zero-order valence-corrected chi connectivity index (χ0v) is 18.3. The summed E-state index contributed by atoms with van der Waals surface area (Å²) in [5, 5.41) is 0. The number of likely N-dealkylation sites (tertiary alicyclic amines) is 1. The summed E-state index contributed by atoms with van der Waals surface area (Å²) in [6.07, 6.45) is -0.0974. The Labute approximate surface area is 193 Å². The molecule has 3 aliphatic rings. The Morgan fingerprint density at radius 2 is 1.76 bits per heavy atom. The number of aromatic nitrogens is 3. The molecule has 0 bridgehead atoms. The number of rotatable bonds is 2. The SMILES string of the molecule is O=C(c1ccnc(C(F)(F)F)c1)N1CCC2(CC1)OC(C(=O)N1CCOCC1)Cn1ccnc12. The van der Waals surface area contributed by atoms with Gasteiger partial charge in [0.25, 0.3) is 11.8 Å². The highest BCUT2D eigenvalue weighted by atomic mass is 19.4. The van der Waals surface area contributed by atoms with Gasteiger partial charge in [-0.05, 0) is 12.1 Å². The minimum atomic E-state index is -4.63. The van der Waals surface area contributed by atoms with Crippen LogP contribution in [0.5, 0.6) is 0 Å². The largest absolute Gasteiger partial charge is 0.433 e. The third-order valence-corrected chi connectivity index (χ3v) is 6.61. The Kier molecular flexibility index (Phi) is 5.80. The molecule has 182 valence electrons. The highest BCUT2D eigenvalue weighted by Crippen LogP contribution is 2.40. The molecule has 5 rings (SSSR count). The van der Waals surface area contributed by atoms with Crippen molar-refractivity contribution in [3.8, 4) is 0 Å².